The van der Waals surface area contributed by atoms with Crippen molar-refractivity contribution < 1.29 is 22.7 Å². The molecule has 1 aliphatic heterocycles. The van der Waals surface area contributed by atoms with Gasteiger partial charge >= 0.3 is 6.18 Å². The van der Waals surface area contributed by atoms with Crippen molar-refractivity contribution in [2.45, 2.75) is 63.6 Å². The molecular formula is C16H24F3NO2. The molecule has 0 aromatic heterocycles. The van der Waals surface area contributed by atoms with Gasteiger partial charge in [-0.25, -0.2) is 0 Å². The summed E-state index contributed by atoms with van der Waals surface area (Å²) in [7, 11) is 0. The molecule has 0 spiro atoms. The lowest BCUT2D eigenvalue weighted by Crippen LogP contribution is -2.59. The smallest absolute Gasteiger partial charge is 0.357 e. The SMILES string of the molecule is CCC/C=C1/CCCOC(C(=O)NCC2CC2)(C(F)(F)F)C1. The van der Waals surface area contributed by atoms with Crippen molar-refractivity contribution in [3.05, 3.63) is 11.6 Å². The van der Waals surface area contributed by atoms with Gasteiger partial charge in [0.25, 0.3) is 5.91 Å². The van der Waals surface area contributed by atoms with Gasteiger partial charge in [-0.15, -0.1) is 0 Å². The molecule has 0 aromatic rings. The topological polar surface area (TPSA) is 38.3 Å². The number of allylic oxidation sites excluding steroid dienone is 1. The molecule has 6 heteroatoms. The fourth-order valence-electron chi connectivity index (χ4n) is 2.69. The van der Waals surface area contributed by atoms with E-state index in [2.05, 4.69) is 5.32 Å². The van der Waals surface area contributed by atoms with Crippen LogP contribution in [0.25, 0.3) is 0 Å². The second kappa shape index (κ2) is 7.02. The minimum atomic E-state index is -4.71. The number of ether oxygens (including phenoxy) is 1. The zero-order valence-electron chi connectivity index (χ0n) is 13.0. The molecule has 3 nitrogen and oxygen atoms in total. The van der Waals surface area contributed by atoms with Crippen LogP contribution >= 0.6 is 0 Å². The minimum Gasteiger partial charge on any atom is -0.357 e. The molecular weight excluding hydrogens is 295 g/mol. The lowest BCUT2D eigenvalue weighted by Gasteiger charge is -2.33. The third-order valence-corrected chi connectivity index (χ3v) is 4.26. The summed E-state index contributed by atoms with van der Waals surface area (Å²) in [6.45, 7) is 2.25. The first-order valence-corrected chi connectivity index (χ1v) is 8.06. The van der Waals surface area contributed by atoms with Crippen molar-refractivity contribution in [2.24, 2.45) is 5.92 Å². The van der Waals surface area contributed by atoms with Gasteiger partial charge in [-0.2, -0.15) is 13.2 Å². The number of rotatable bonds is 5. The molecule has 2 fully saturated rings. The molecule has 1 unspecified atom stereocenters. The molecule has 1 atom stereocenters. The highest BCUT2D eigenvalue weighted by molar-refractivity contribution is 5.86. The van der Waals surface area contributed by atoms with Crippen LogP contribution in [-0.4, -0.2) is 30.8 Å². The van der Waals surface area contributed by atoms with E-state index in [9.17, 15) is 18.0 Å². The zero-order chi connectivity index (χ0) is 16.2. The minimum absolute atomic E-state index is 0.0418. The number of nitrogens with one attached hydrogen (secondary N) is 1. The number of unbranched alkanes of at least 4 members (excludes halogenated alkanes) is 1. The first kappa shape index (κ1) is 17.3. The third kappa shape index (κ3) is 4.03. The average Bonchev–Trinajstić information content (AvgIpc) is 3.28. The summed E-state index contributed by atoms with van der Waals surface area (Å²) in [5.74, 6) is -0.702. The van der Waals surface area contributed by atoms with Gasteiger partial charge in [0.1, 0.15) is 0 Å². The predicted octanol–water partition coefficient (Wildman–Crippen LogP) is 3.74. The van der Waals surface area contributed by atoms with Gasteiger partial charge in [-0.05, 0) is 38.0 Å². The average molecular weight is 319 g/mol. The Labute approximate surface area is 129 Å². The van der Waals surface area contributed by atoms with Crippen molar-refractivity contribution in [3.8, 4) is 0 Å². The van der Waals surface area contributed by atoms with Gasteiger partial charge in [0.2, 0.25) is 5.60 Å². The molecule has 1 heterocycles. The molecule has 22 heavy (non-hydrogen) atoms. The molecule has 1 amide bonds. The maximum atomic E-state index is 13.6. The van der Waals surface area contributed by atoms with Crippen molar-refractivity contribution in [1.29, 1.82) is 0 Å². The zero-order valence-corrected chi connectivity index (χ0v) is 13.0. The Kier molecular flexibility index (Phi) is 5.53. The Balaban J connectivity index is 2.19. The van der Waals surface area contributed by atoms with Crippen LogP contribution in [0, 0.1) is 5.92 Å². The van der Waals surface area contributed by atoms with Crippen LogP contribution in [0.3, 0.4) is 0 Å². The Bertz CT molecular complexity index is 430. The molecule has 1 aliphatic carbocycles. The molecule has 1 saturated heterocycles. The first-order valence-electron chi connectivity index (χ1n) is 8.06. The van der Waals surface area contributed by atoms with Gasteiger partial charge in [0.05, 0.1) is 0 Å². The molecule has 1 N–H and O–H groups in total. The highest BCUT2D eigenvalue weighted by Gasteiger charge is 2.62. The summed E-state index contributed by atoms with van der Waals surface area (Å²) in [6.07, 6.45) is 1.37. The second-order valence-electron chi connectivity index (χ2n) is 6.26. The molecule has 2 rings (SSSR count). The molecule has 0 bridgehead atoms. The van der Waals surface area contributed by atoms with Gasteiger partial charge in [-0.3, -0.25) is 4.79 Å². The van der Waals surface area contributed by atoms with Crippen LogP contribution in [0.1, 0.15) is 51.9 Å². The number of hydrogen-bond donors (Lipinski definition) is 1. The fraction of sp³-hybridized carbons (Fsp3) is 0.812. The summed E-state index contributed by atoms with van der Waals surface area (Å²) >= 11 is 0. The van der Waals surface area contributed by atoms with Crippen LogP contribution < -0.4 is 5.32 Å². The van der Waals surface area contributed by atoms with Crippen molar-refractivity contribution in [2.75, 3.05) is 13.2 Å². The van der Waals surface area contributed by atoms with E-state index in [1.54, 1.807) is 0 Å². The van der Waals surface area contributed by atoms with E-state index in [1.807, 2.05) is 13.0 Å². The molecule has 0 radical (unpaired) electrons. The summed E-state index contributed by atoms with van der Waals surface area (Å²) < 4.78 is 46.1. The number of carbonyl (C=O) groups excluding carboxylic acids is 1. The Morgan fingerprint density at radius 3 is 2.77 bits per heavy atom. The summed E-state index contributed by atoms with van der Waals surface area (Å²) in [5, 5.41) is 2.45. The molecule has 1 saturated carbocycles. The highest BCUT2D eigenvalue weighted by atomic mass is 19.4. The maximum absolute atomic E-state index is 13.6. The highest BCUT2D eigenvalue weighted by Crippen LogP contribution is 2.42. The van der Waals surface area contributed by atoms with E-state index in [0.717, 1.165) is 25.7 Å². The van der Waals surface area contributed by atoms with E-state index in [-0.39, 0.29) is 13.0 Å². The summed E-state index contributed by atoms with van der Waals surface area (Å²) in [6, 6.07) is 0. The van der Waals surface area contributed by atoms with Gasteiger partial charge < -0.3 is 10.1 Å². The monoisotopic (exact) mass is 319 g/mol. The molecule has 2 aliphatic rings. The largest absolute Gasteiger partial charge is 0.426 e. The van der Waals surface area contributed by atoms with Crippen LogP contribution in [0.4, 0.5) is 13.2 Å². The van der Waals surface area contributed by atoms with Crippen LogP contribution in [-0.2, 0) is 9.53 Å². The summed E-state index contributed by atoms with van der Waals surface area (Å²) in [5.41, 5.74) is -2.05. The van der Waals surface area contributed by atoms with Crippen molar-refractivity contribution in [1.82, 2.24) is 5.32 Å². The Morgan fingerprint density at radius 2 is 2.18 bits per heavy atom. The van der Waals surface area contributed by atoms with Crippen LogP contribution in [0.5, 0.6) is 0 Å². The second-order valence-corrected chi connectivity index (χ2v) is 6.26. The lowest BCUT2D eigenvalue weighted by molar-refractivity contribution is -0.265. The van der Waals surface area contributed by atoms with Crippen LogP contribution in [0.15, 0.2) is 11.6 Å². The van der Waals surface area contributed by atoms with E-state index in [0.29, 0.717) is 30.9 Å². The quantitative estimate of drug-likeness (QED) is 0.784. The van der Waals surface area contributed by atoms with Gasteiger partial charge in [0, 0.05) is 19.6 Å². The van der Waals surface area contributed by atoms with Gasteiger partial charge in [0.15, 0.2) is 0 Å². The Hall–Kier alpha value is -1.04. The van der Waals surface area contributed by atoms with Crippen LogP contribution in [0.2, 0.25) is 0 Å². The number of halogens is 3. The molecule has 126 valence electrons. The first-order chi connectivity index (χ1) is 10.4. The van der Waals surface area contributed by atoms with Crippen molar-refractivity contribution >= 4 is 5.91 Å². The van der Waals surface area contributed by atoms with Crippen molar-refractivity contribution in [3.63, 3.8) is 0 Å². The fourth-order valence-corrected chi connectivity index (χ4v) is 2.69. The number of alkyl halides is 3. The number of amides is 1. The van der Waals surface area contributed by atoms with E-state index in [1.165, 1.54) is 0 Å². The van der Waals surface area contributed by atoms with E-state index < -0.39 is 17.7 Å². The van der Waals surface area contributed by atoms with Gasteiger partial charge in [-0.1, -0.05) is 25.0 Å². The normalized spacial score (nSPS) is 28.5. The molecule has 0 aromatic carbocycles. The standard InChI is InChI=1S/C16H24F3NO2/c1-2-3-5-12-6-4-9-22-15(10-12,16(17,18)19)14(21)20-11-13-7-8-13/h5,13H,2-4,6-11H2,1H3,(H,20,21)/b12-5-. The maximum Gasteiger partial charge on any atom is 0.426 e. The third-order valence-electron chi connectivity index (χ3n) is 4.26. The Morgan fingerprint density at radius 1 is 1.45 bits per heavy atom. The number of hydrogen-bond acceptors (Lipinski definition) is 2. The lowest BCUT2D eigenvalue weighted by atomic mass is 9.90. The van der Waals surface area contributed by atoms with E-state index in [4.69, 9.17) is 4.74 Å². The number of carbonyl (C=O) groups is 1. The predicted molar refractivity (Wildman–Crippen MR) is 77.3 cm³/mol. The summed E-state index contributed by atoms with van der Waals surface area (Å²) in [4.78, 5) is 12.3. The van der Waals surface area contributed by atoms with E-state index >= 15 is 0 Å².